The number of hydrogen-bond donors (Lipinski definition) is 0. The Labute approximate surface area is 415 Å². The van der Waals surface area contributed by atoms with E-state index in [4.69, 9.17) is 16.8 Å². The van der Waals surface area contributed by atoms with Crippen molar-refractivity contribution in [3.63, 3.8) is 0 Å². The fourth-order valence-corrected chi connectivity index (χ4v) is 18.1. The van der Waals surface area contributed by atoms with E-state index in [2.05, 4.69) is 223 Å². The van der Waals surface area contributed by atoms with E-state index >= 15 is 4.57 Å². The van der Waals surface area contributed by atoms with Gasteiger partial charge < -0.3 is 4.57 Å². The minimum absolute atomic E-state index is 0.765. The molecular formula is C65H42N2OP2S. The first-order valence-corrected chi connectivity index (χ1v) is 28.5. The zero-order valence-corrected chi connectivity index (χ0v) is 41.0. The third-order valence-corrected chi connectivity index (χ3v) is 22.7. The van der Waals surface area contributed by atoms with Crippen LogP contribution in [0.1, 0.15) is 0 Å². The van der Waals surface area contributed by atoms with E-state index in [1.165, 1.54) is 32.1 Å². The molecule has 0 radical (unpaired) electrons. The van der Waals surface area contributed by atoms with Crippen LogP contribution in [0, 0.1) is 0 Å². The van der Waals surface area contributed by atoms with Crippen LogP contribution in [-0.4, -0.2) is 9.38 Å². The Kier molecular flexibility index (Phi) is 9.64. The van der Waals surface area contributed by atoms with Gasteiger partial charge in [0.1, 0.15) is 5.65 Å². The Morgan fingerprint density at radius 1 is 0.352 bits per heavy atom. The summed E-state index contributed by atoms with van der Waals surface area (Å²) in [4.78, 5) is 5.45. The van der Waals surface area contributed by atoms with Gasteiger partial charge in [0, 0.05) is 38.1 Å². The summed E-state index contributed by atoms with van der Waals surface area (Å²) < 4.78 is 19.2. The summed E-state index contributed by atoms with van der Waals surface area (Å²) in [5, 5.41) is 18.1. The van der Waals surface area contributed by atoms with Crippen LogP contribution in [0.15, 0.2) is 255 Å². The molecule has 3 nitrogen and oxygen atoms in total. The lowest BCUT2D eigenvalue weighted by molar-refractivity contribution is 0.593. The Morgan fingerprint density at radius 3 is 1.54 bits per heavy atom. The maximum absolute atomic E-state index is 16.9. The maximum Gasteiger partial charge on any atom is 0.172 e. The van der Waals surface area contributed by atoms with Crippen LogP contribution in [0.25, 0.3) is 92.6 Å². The summed E-state index contributed by atoms with van der Waals surface area (Å²) in [5.74, 6) is 0. The number of fused-ring (bicyclic) bond motifs is 13. The van der Waals surface area contributed by atoms with E-state index in [-0.39, 0.29) is 0 Å². The number of aromatic nitrogens is 2. The molecule has 0 saturated heterocycles. The highest BCUT2D eigenvalue weighted by atomic mass is 32.4. The van der Waals surface area contributed by atoms with E-state index < -0.39 is 13.2 Å². The molecule has 2 aromatic heterocycles. The second-order valence-electron chi connectivity index (χ2n) is 18.5. The van der Waals surface area contributed by atoms with Gasteiger partial charge in [-0.1, -0.05) is 224 Å². The molecule has 0 amide bonds. The lowest BCUT2D eigenvalue weighted by Gasteiger charge is -2.24. The van der Waals surface area contributed by atoms with Gasteiger partial charge in [0.15, 0.2) is 7.14 Å². The third kappa shape index (κ3) is 6.46. The molecule has 0 bridgehead atoms. The molecule has 71 heavy (non-hydrogen) atoms. The van der Waals surface area contributed by atoms with Crippen LogP contribution in [0.4, 0.5) is 0 Å². The average molecular weight is 961 g/mol. The molecule has 12 aromatic carbocycles. The number of imidazole rings is 1. The Balaban J connectivity index is 1.00. The standard InChI is InChI=1S/C65H42N2OP2S/c68-69(62-27-13-18-43-15-7-10-24-54(43)62,63-28-14-19-44-16-8-11-25-55(44)63)52-35-38-59-61(42-52)67-60-41-49(33-36-57(60)64-56-26-12-9-17-45(56)32-37-58(64)65(67)66-59)46-29-30-48-40-53(34-31-47(48)39-46)70(71,50-20-3-1-4-21-50)51-22-5-2-6-23-51/h1-42H. The predicted molar refractivity (Wildman–Crippen MR) is 309 cm³/mol. The highest BCUT2D eigenvalue weighted by Crippen LogP contribution is 2.48. The fraction of sp³-hybridized carbons (Fsp3) is 0. The quantitative estimate of drug-likeness (QED) is 0.118. The summed E-state index contributed by atoms with van der Waals surface area (Å²) >= 11 is 6.74. The van der Waals surface area contributed by atoms with Gasteiger partial charge >= 0.3 is 0 Å². The summed E-state index contributed by atoms with van der Waals surface area (Å²) in [6.07, 6.45) is 0. The molecule has 0 N–H and O–H groups in total. The number of rotatable bonds is 7. The molecule has 0 aliphatic heterocycles. The van der Waals surface area contributed by atoms with Crippen molar-refractivity contribution in [3.05, 3.63) is 255 Å². The van der Waals surface area contributed by atoms with Crippen molar-refractivity contribution in [2.75, 3.05) is 0 Å². The lowest BCUT2D eigenvalue weighted by Crippen LogP contribution is -2.26. The second-order valence-corrected chi connectivity index (χ2v) is 25.6. The SMILES string of the molecule is O=P(c1ccc2nc3c4ccc5ccccc5c4c4ccc(-c5ccc6cc(P(=S)(c7ccccc7)c7ccccc7)ccc6c5)cc4n3c2c1)(c1cccc2ccccc12)c1cccc2ccccc12. The van der Waals surface area contributed by atoms with Crippen LogP contribution in [0.5, 0.6) is 0 Å². The number of benzene rings is 12. The minimum atomic E-state index is -3.54. The molecule has 0 unspecified atom stereocenters. The third-order valence-electron chi connectivity index (χ3n) is 14.7. The zero-order chi connectivity index (χ0) is 47.3. The van der Waals surface area contributed by atoms with E-state index in [1.807, 2.05) is 36.4 Å². The van der Waals surface area contributed by atoms with Crippen LogP contribution >= 0.6 is 13.2 Å². The highest BCUT2D eigenvalue weighted by molar-refractivity contribution is 8.25. The highest BCUT2D eigenvalue weighted by Gasteiger charge is 2.34. The van der Waals surface area contributed by atoms with Crippen LogP contribution < -0.4 is 31.8 Å². The van der Waals surface area contributed by atoms with Crippen LogP contribution in [0.2, 0.25) is 0 Å². The minimum Gasteiger partial charge on any atom is -0.309 e. The first kappa shape index (κ1) is 42.0. The number of hydrogen-bond acceptors (Lipinski definition) is 3. The molecule has 0 fully saturated rings. The van der Waals surface area contributed by atoms with Crippen LogP contribution in [-0.2, 0) is 16.4 Å². The Hall–Kier alpha value is -7.97. The molecule has 6 heteroatoms. The number of nitrogens with zero attached hydrogens (tertiary/aromatic N) is 2. The van der Waals surface area contributed by atoms with Crippen molar-refractivity contribution in [3.8, 4) is 11.1 Å². The average Bonchev–Trinajstić information content (AvgIpc) is 3.84. The van der Waals surface area contributed by atoms with E-state index in [1.54, 1.807) is 0 Å². The van der Waals surface area contributed by atoms with Gasteiger partial charge in [0.2, 0.25) is 0 Å². The van der Waals surface area contributed by atoms with E-state index in [9.17, 15) is 0 Å². The van der Waals surface area contributed by atoms with Crippen LogP contribution in [0.3, 0.4) is 0 Å². The lowest BCUT2D eigenvalue weighted by atomic mass is 9.96. The summed E-state index contributed by atoms with van der Waals surface area (Å²) in [5.41, 5.74) is 5.87. The Bertz CT molecular complexity index is 4470. The van der Waals surface area contributed by atoms with E-state index in [0.29, 0.717) is 0 Å². The van der Waals surface area contributed by atoms with Crippen molar-refractivity contribution >= 4 is 138 Å². The monoisotopic (exact) mass is 960 g/mol. The normalized spacial score (nSPS) is 12.3. The van der Waals surface area contributed by atoms with Gasteiger partial charge in [-0.05, 0) is 113 Å². The summed E-state index contributed by atoms with van der Waals surface area (Å²) in [7, 11) is -3.54. The van der Waals surface area contributed by atoms with Gasteiger partial charge in [0.05, 0.1) is 16.6 Å². The topological polar surface area (TPSA) is 34.4 Å². The zero-order valence-electron chi connectivity index (χ0n) is 38.4. The molecule has 2 heterocycles. The molecule has 0 saturated carbocycles. The molecule has 334 valence electrons. The van der Waals surface area contributed by atoms with E-state index in [0.717, 1.165) is 92.3 Å². The molecule has 14 aromatic rings. The smallest absolute Gasteiger partial charge is 0.172 e. The molecule has 0 atom stereocenters. The van der Waals surface area contributed by atoms with Crippen molar-refractivity contribution in [2.45, 2.75) is 0 Å². The van der Waals surface area contributed by atoms with Gasteiger partial charge in [-0.3, -0.25) is 4.40 Å². The fourth-order valence-electron chi connectivity index (χ4n) is 11.2. The number of pyridine rings is 1. The van der Waals surface area contributed by atoms with Gasteiger partial charge in [0.25, 0.3) is 0 Å². The van der Waals surface area contributed by atoms with Crippen molar-refractivity contribution in [1.29, 1.82) is 0 Å². The predicted octanol–water partition coefficient (Wildman–Crippen LogP) is 14.5. The Morgan fingerprint density at radius 2 is 0.859 bits per heavy atom. The van der Waals surface area contributed by atoms with Crippen molar-refractivity contribution in [1.82, 2.24) is 9.38 Å². The molecular weight excluding hydrogens is 919 g/mol. The molecule has 0 aliphatic carbocycles. The molecule has 0 aliphatic rings. The van der Waals surface area contributed by atoms with Gasteiger partial charge in [-0.15, -0.1) is 0 Å². The van der Waals surface area contributed by atoms with Gasteiger partial charge in [-0.25, -0.2) is 4.98 Å². The first-order chi connectivity index (χ1) is 34.9. The second kappa shape index (κ2) is 16.3. The van der Waals surface area contributed by atoms with Gasteiger partial charge in [-0.2, -0.15) is 0 Å². The first-order valence-electron chi connectivity index (χ1n) is 24.0. The summed E-state index contributed by atoms with van der Waals surface area (Å²) in [6.45, 7) is 0. The molecule has 14 rings (SSSR count). The van der Waals surface area contributed by atoms with Crippen molar-refractivity contribution < 1.29 is 4.57 Å². The maximum atomic E-state index is 16.9. The molecule has 0 spiro atoms. The summed E-state index contributed by atoms with van der Waals surface area (Å²) in [6, 6.07) is 87.8. The van der Waals surface area contributed by atoms with Crippen molar-refractivity contribution in [2.24, 2.45) is 0 Å². The largest absolute Gasteiger partial charge is 0.309 e.